The van der Waals surface area contributed by atoms with Crippen molar-refractivity contribution in [2.45, 2.75) is 0 Å². The lowest BCUT2D eigenvalue weighted by atomic mass is 10.2. The van der Waals surface area contributed by atoms with Crippen LogP contribution in [-0.4, -0.2) is 17.5 Å². The van der Waals surface area contributed by atoms with Gasteiger partial charge >= 0.3 is 8.00 Å². The molecule has 0 fully saturated rings. The van der Waals surface area contributed by atoms with Gasteiger partial charge < -0.3 is 0 Å². The molecule has 2 aliphatic rings. The van der Waals surface area contributed by atoms with Crippen LogP contribution in [0.15, 0.2) is 158 Å². The Morgan fingerprint density at radius 3 is 1.46 bits per heavy atom. The number of aromatic nitrogens is 6. The molecule has 46 heavy (non-hydrogen) atoms. The third-order valence-electron chi connectivity index (χ3n) is 9.24. The SMILES string of the molecule is C[n+]1c2cccc1c1cccc3cc4n(-c5ccccc5)c5ccccc5n4p(n4c5ccccc5n(-c5ccccc5)c4c2)-[n+]31. The van der Waals surface area contributed by atoms with Crippen molar-refractivity contribution in [1.29, 1.82) is 0 Å². The van der Waals surface area contributed by atoms with Crippen LogP contribution in [0.1, 0.15) is 0 Å². The van der Waals surface area contributed by atoms with Gasteiger partial charge in [0.25, 0.3) is 11.0 Å². The summed E-state index contributed by atoms with van der Waals surface area (Å²) in [6.07, 6.45) is 0. The number of pyridine rings is 2. The van der Waals surface area contributed by atoms with E-state index in [1.54, 1.807) is 0 Å². The molecule has 1 unspecified atom stereocenters. The van der Waals surface area contributed by atoms with Crippen LogP contribution in [0.5, 0.6) is 0 Å². The van der Waals surface area contributed by atoms with E-state index in [4.69, 9.17) is 0 Å². The Balaban J connectivity index is 1.61. The van der Waals surface area contributed by atoms with E-state index in [0.29, 0.717) is 0 Å². The normalized spacial score (nSPS) is 12.4. The zero-order chi connectivity index (χ0) is 30.4. The Morgan fingerprint density at radius 1 is 0.435 bits per heavy atom. The second kappa shape index (κ2) is 9.58. The summed E-state index contributed by atoms with van der Waals surface area (Å²) in [7, 11) is 0.926. The molecule has 1 atom stereocenters. The van der Waals surface area contributed by atoms with E-state index in [2.05, 4.69) is 191 Å². The number of rotatable bonds is 2. The van der Waals surface area contributed by atoms with Gasteiger partial charge in [0.1, 0.15) is 18.3 Å². The first-order chi connectivity index (χ1) is 22.8. The standard InChI is InChI=1S/C39H29N6P/c1-40-30-18-12-24-32(40)35-25-13-19-31-27-39-42(29-16-6-3-7-17-29)34-21-9-11-23-37(34)45(39)46(43(31)35)44-36-22-10-8-20-33(36)41(38(44)26-30)28-14-4-2-5-15-28/h2-27H,1H3/q+2. The van der Waals surface area contributed by atoms with Crippen molar-refractivity contribution in [1.82, 2.24) is 17.5 Å². The molecule has 218 valence electrons. The zero-order valence-electron chi connectivity index (χ0n) is 25.1. The van der Waals surface area contributed by atoms with E-state index in [0.717, 1.165) is 28.2 Å². The van der Waals surface area contributed by atoms with Gasteiger partial charge in [-0.3, -0.25) is 9.13 Å². The molecule has 0 spiro atoms. The highest BCUT2D eigenvalue weighted by molar-refractivity contribution is 7.36. The summed E-state index contributed by atoms with van der Waals surface area (Å²) in [5.74, 6) is 0. The highest BCUT2D eigenvalue weighted by Gasteiger charge is 2.31. The molecular weight excluding hydrogens is 583 g/mol. The number of aryl methyl sites for hydroxylation is 1. The van der Waals surface area contributed by atoms with Crippen molar-refractivity contribution in [3.05, 3.63) is 158 Å². The molecule has 6 heterocycles. The molecule has 10 rings (SSSR count). The van der Waals surface area contributed by atoms with Crippen molar-refractivity contribution < 1.29 is 8.90 Å². The predicted molar refractivity (Wildman–Crippen MR) is 187 cm³/mol. The maximum Gasteiger partial charge on any atom is 0.353 e. The average molecular weight is 613 g/mol. The topological polar surface area (TPSA) is 26.4 Å². The summed E-state index contributed by atoms with van der Waals surface area (Å²) in [6.45, 7) is 0. The van der Waals surface area contributed by atoms with Gasteiger partial charge in [0.15, 0.2) is 0 Å². The van der Waals surface area contributed by atoms with E-state index in [1.165, 1.54) is 38.6 Å². The fraction of sp³-hybridized carbons (Fsp3) is 0.0256. The van der Waals surface area contributed by atoms with Crippen LogP contribution in [0.2, 0.25) is 0 Å². The van der Waals surface area contributed by atoms with Crippen molar-refractivity contribution >= 4 is 63.4 Å². The molecular formula is C39H29N6P+2. The van der Waals surface area contributed by atoms with E-state index >= 15 is 0 Å². The number of nitrogens with zero attached hydrogens (tertiary/aromatic N) is 6. The molecule has 7 heteroatoms. The van der Waals surface area contributed by atoms with Crippen LogP contribution < -0.4 is 8.90 Å². The van der Waals surface area contributed by atoms with Crippen LogP contribution in [0.3, 0.4) is 0 Å². The van der Waals surface area contributed by atoms with Gasteiger partial charge in [-0.25, -0.2) is 8.33 Å². The molecule has 6 nitrogen and oxygen atoms in total. The van der Waals surface area contributed by atoms with Gasteiger partial charge in [0, 0.05) is 35.6 Å². The monoisotopic (exact) mass is 612 g/mol. The molecule has 0 saturated carbocycles. The molecule has 0 N–H and O–H groups in total. The average Bonchev–Trinajstić information content (AvgIpc) is 3.61. The third kappa shape index (κ3) is 3.42. The Labute approximate surface area is 265 Å². The molecule has 0 aliphatic carbocycles. The second-order valence-corrected chi connectivity index (χ2v) is 13.5. The largest absolute Gasteiger partial charge is 0.353 e. The lowest BCUT2D eigenvalue weighted by molar-refractivity contribution is -0.621. The van der Waals surface area contributed by atoms with Crippen LogP contribution in [0.25, 0.3) is 66.8 Å². The van der Waals surface area contributed by atoms with Crippen LogP contribution in [0, 0.1) is 0 Å². The molecule has 8 aromatic rings. The minimum Gasteiger partial charge on any atom is -0.293 e. The van der Waals surface area contributed by atoms with Crippen molar-refractivity contribution in [3.63, 3.8) is 0 Å². The Morgan fingerprint density at radius 2 is 0.891 bits per heavy atom. The first-order valence-corrected chi connectivity index (χ1v) is 16.7. The van der Waals surface area contributed by atoms with E-state index < -0.39 is 8.00 Å². The molecule has 0 radical (unpaired) electrons. The Hall–Kier alpha value is -5.84. The quantitative estimate of drug-likeness (QED) is 0.176. The van der Waals surface area contributed by atoms with Crippen LogP contribution in [-0.2, 0) is 7.05 Å². The van der Waals surface area contributed by atoms with Crippen molar-refractivity contribution in [2.75, 3.05) is 0 Å². The molecule has 0 saturated heterocycles. The summed E-state index contributed by atoms with van der Waals surface area (Å²) in [5, 5.41) is 0. The number of hydrogen-bond donors (Lipinski definition) is 0. The first-order valence-electron chi connectivity index (χ1n) is 15.5. The van der Waals surface area contributed by atoms with Crippen molar-refractivity contribution in [2.24, 2.45) is 7.05 Å². The summed E-state index contributed by atoms with van der Waals surface area (Å²) in [4.78, 5) is 0. The van der Waals surface area contributed by atoms with Gasteiger partial charge in [0.05, 0.1) is 34.2 Å². The van der Waals surface area contributed by atoms with Crippen LogP contribution in [0.4, 0.5) is 0 Å². The maximum absolute atomic E-state index is 2.60. The molecule has 4 aromatic carbocycles. The number of para-hydroxylation sites is 6. The lowest BCUT2D eigenvalue weighted by Gasteiger charge is -2.10. The van der Waals surface area contributed by atoms with Crippen molar-refractivity contribution in [3.8, 4) is 11.4 Å². The zero-order valence-corrected chi connectivity index (χ0v) is 26.0. The molecule has 2 aliphatic heterocycles. The molecule has 0 amide bonds. The fourth-order valence-corrected chi connectivity index (χ4v) is 9.84. The Bertz CT molecular complexity index is 2810. The maximum atomic E-state index is 2.60. The third-order valence-corrected chi connectivity index (χ3v) is 11.6. The lowest BCUT2D eigenvalue weighted by Crippen LogP contribution is -2.35. The number of hydrogen-bond acceptors (Lipinski definition) is 0. The number of fused-ring (bicyclic) bond motifs is 11. The minimum atomic E-state index is -1.26. The second-order valence-electron chi connectivity index (χ2n) is 11.8. The van der Waals surface area contributed by atoms with Crippen LogP contribution >= 0.6 is 8.00 Å². The van der Waals surface area contributed by atoms with Gasteiger partial charge in [-0.05, 0) is 60.7 Å². The number of imidazole rings is 2. The first kappa shape index (κ1) is 25.5. The highest BCUT2D eigenvalue weighted by atomic mass is 31.1. The molecule has 2 bridgehead atoms. The molecule has 4 aromatic heterocycles. The van der Waals surface area contributed by atoms with Gasteiger partial charge in [-0.15, -0.1) is 4.34 Å². The predicted octanol–water partition coefficient (Wildman–Crippen LogP) is 8.36. The van der Waals surface area contributed by atoms with E-state index in [-0.39, 0.29) is 0 Å². The number of benzene rings is 4. The van der Waals surface area contributed by atoms with E-state index in [9.17, 15) is 0 Å². The van der Waals surface area contributed by atoms with Gasteiger partial charge in [-0.1, -0.05) is 60.7 Å². The van der Waals surface area contributed by atoms with E-state index in [1.807, 2.05) is 0 Å². The summed E-state index contributed by atoms with van der Waals surface area (Å²) >= 11 is 0. The summed E-state index contributed by atoms with van der Waals surface area (Å²) < 4.78 is 14.9. The minimum absolute atomic E-state index is 1.12. The fourth-order valence-electron chi connectivity index (χ4n) is 7.23. The highest BCUT2D eigenvalue weighted by Crippen LogP contribution is 2.39. The van der Waals surface area contributed by atoms with Gasteiger partial charge in [-0.2, -0.15) is 4.57 Å². The smallest absolute Gasteiger partial charge is 0.293 e. The van der Waals surface area contributed by atoms with Gasteiger partial charge in [0.2, 0.25) is 11.0 Å². The Kier molecular flexibility index (Phi) is 5.31. The summed E-state index contributed by atoms with van der Waals surface area (Å²) in [6, 6.07) is 57.3. The summed E-state index contributed by atoms with van der Waals surface area (Å²) in [5.41, 5.74) is 14.0.